The van der Waals surface area contributed by atoms with Crippen molar-refractivity contribution in [1.82, 2.24) is 0 Å². The highest BCUT2D eigenvalue weighted by Gasteiger charge is 2.20. The molecule has 3 heteroatoms. The lowest BCUT2D eigenvalue weighted by atomic mass is 9.98. The fraction of sp³-hybridized carbons (Fsp3) is 0.136. The lowest BCUT2D eigenvalue weighted by molar-refractivity contribution is 0.103. The van der Waals surface area contributed by atoms with E-state index in [2.05, 4.69) is 30.3 Å². The molecule has 0 atom stereocenters. The highest BCUT2D eigenvalue weighted by Crippen LogP contribution is 2.37. The summed E-state index contributed by atoms with van der Waals surface area (Å²) in [5.41, 5.74) is 6.29. The Morgan fingerprint density at radius 3 is 2.24 bits per heavy atom. The van der Waals surface area contributed by atoms with E-state index in [1.54, 1.807) is 32.4 Å². The molecule has 0 aromatic heterocycles. The van der Waals surface area contributed by atoms with E-state index in [1.807, 2.05) is 12.1 Å². The number of hydrogen-bond acceptors (Lipinski definition) is 3. The molecule has 0 bridgehead atoms. The molecule has 0 saturated heterocycles. The molecule has 3 aromatic rings. The summed E-state index contributed by atoms with van der Waals surface area (Å²) in [6.45, 7) is 0. The van der Waals surface area contributed by atoms with Crippen LogP contribution >= 0.6 is 0 Å². The first-order valence-corrected chi connectivity index (χ1v) is 8.19. The number of rotatable bonds is 4. The van der Waals surface area contributed by atoms with Gasteiger partial charge in [0.15, 0.2) is 17.3 Å². The van der Waals surface area contributed by atoms with Crippen LogP contribution in [0.15, 0.2) is 60.7 Å². The molecule has 0 N–H and O–H groups in total. The Bertz CT molecular complexity index is 973. The second kappa shape index (κ2) is 6.10. The van der Waals surface area contributed by atoms with Crippen molar-refractivity contribution >= 4 is 5.78 Å². The molecule has 0 fully saturated rings. The maximum Gasteiger partial charge on any atom is 0.193 e. The quantitative estimate of drug-likeness (QED) is 0.517. The van der Waals surface area contributed by atoms with Crippen LogP contribution in [0.2, 0.25) is 0 Å². The Labute approximate surface area is 146 Å². The van der Waals surface area contributed by atoms with E-state index < -0.39 is 0 Å². The number of methoxy groups -OCH3 is 2. The number of fused-ring (bicyclic) bond motifs is 3. The summed E-state index contributed by atoms with van der Waals surface area (Å²) in [7, 11) is 3.15. The molecule has 124 valence electrons. The van der Waals surface area contributed by atoms with Gasteiger partial charge in [0.25, 0.3) is 0 Å². The van der Waals surface area contributed by atoms with Crippen molar-refractivity contribution in [1.29, 1.82) is 0 Å². The molecule has 4 rings (SSSR count). The fourth-order valence-electron chi connectivity index (χ4n) is 3.43. The third-order valence-electron chi connectivity index (χ3n) is 4.70. The van der Waals surface area contributed by atoms with Gasteiger partial charge in [-0.05, 0) is 52.9 Å². The van der Waals surface area contributed by atoms with Crippen LogP contribution in [-0.2, 0) is 6.42 Å². The molecular weight excluding hydrogens is 312 g/mol. The van der Waals surface area contributed by atoms with E-state index in [4.69, 9.17) is 9.47 Å². The molecule has 0 radical (unpaired) electrons. The predicted octanol–water partition coefficient (Wildman–Crippen LogP) is 4.51. The summed E-state index contributed by atoms with van der Waals surface area (Å²) in [4.78, 5) is 12.9. The van der Waals surface area contributed by atoms with E-state index >= 15 is 0 Å². The number of ketones is 1. The normalized spacial score (nSPS) is 11.6. The summed E-state index contributed by atoms with van der Waals surface area (Å²) in [6.07, 6.45) is 0.874. The molecule has 0 saturated carbocycles. The van der Waals surface area contributed by atoms with E-state index in [9.17, 15) is 4.79 Å². The minimum atomic E-state index is -0.0142. The summed E-state index contributed by atoms with van der Waals surface area (Å²) < 4.78 is 10.5. The summed E-state index contributed by atoms with van der Waals surface area (Å²) >= 11 is 0. The second-order valence-corrected chi connectivity index (χ2v) is 6.10. The van der Waals surface area contributed by atoms with Crippen LogP contribution in [0.5, 0.6) is 11.5 Å². The standard InChI is InChI=1S/C22H18O3/c1-24-20-10-8-16(13-21(20)25-2)22(23)15-7-9-19-17(12-15)11-14-5-3-4-6-18(14)19/h3-10,12-13H,11H2,1-2H3. The zero-order valence-corrected chi connectivity index (χ0v) is 14.2. The third-order valence-corrected chi connectivity index (χ3v) is 4.70. The van der Waals surface area contributed by atoms with Crippen LogP contribution < -0.4 is 9.47 Å². The first kappa shape index (κ1) is 15.5. The summed E-state index contributed by atoms with van der Waals surface area (Å²) in [6, 6.07) is 19.6. The maximum atomic E-state index is 12.9. The number of carbonyl (C=O) groups excluding carboxylic acids is 1. The van der Waals surface area contributed by atoms with Gasteiger partial charge in [0.05, 0.1) is 14.2 Å². The fourth-order valence-corrected chi connectivity index (χ4v) is 3.43. The number of hydrogen-bond donors (Lipinski definition) is 0. The van der Waals surface area contributed by atoms with Gasteiger partial charge in [0.1, 0.15) is 0 Å². The van der Waals surface area contributed by atoms with Crippen LogP contribution in [-0.4, -0.2) is 20.0 Å². The molecule has 3 aromatic carbocycles. The molecule has 0 unspecified atom stereocenters. The molecule has 1 aliphatic carbocycles. The Kier molecular flexibility index (Phi) is 3.77. The lowest BCUT2D eigenvalue weighted by Crippen LogP contribution is -2.03. The van der Waals surface area contributed by atoms with Gasteiger partial charge < -0.3 is 9.47 Å². The predicted molar refractivity (Wildman–Crippen MR) is 97.7 cm³/mol. The highest BCUT2D eigenvalue weighted by molar-refractivity contribution is 6.09. The first-order chi connectivity index (χ1) is 12.2. The molecule has 25 heavy (non-hydrogen) atoms. The molecule has 0 heterocycles. The zero-order valence-electron chi connectivity index (χ0n) is 14.2. The molecule has 0 aliphatic heterocycles. The first-order valence-electron chi connectivity index (χ1n) is 8.19. The minimum Gasteiger partial charge on any atom is -0.493 e. The maximum absolute atomic E-state index is 12.9. The second-order valence-electron chi connectivity index (χ2n) is 6.10. The van der Waals surface area contributed by atoms with Crippen molar-refractivity contribution in [2.24, 2.45) is 0 Å². The Morgan fingerprint density at radius 2 is 1.44 bits per heavy atom. The smallest absolute Gasteiger partial charge is 0.193 e. The van der Waals surface area contributed by atoms with E-state index in [-0.39, 0.29) is 5.78 Å². The van der Waals surface area contributed by atoms with Gasteiger partial charge in [-0.1, -0.05) is 36.4 Å². The minimum absolute atomic E-state index is 0.0142. The average molecular weight is 330 g/mol. The summed E-state index contributed by atoms with van der Waals surface area (Å²) in [5, 5.41) is 0. The molecule has 3 nitrogen and oxygen atoms in total. The van der Waals surface area contributed by atoms with Crippen molar-refractivity contribution < 1.29 is 14.3 Å². The van der Waals surface area contributed by atoms with E-state index in [0.717, 1.165) is 6.42 Å². The van der Waals surface area contributed by atoms with Gasteiger partial charge >= 0.3 is 0 Å². The molecule has 1 aliphatic rings. The number of ether oxygens (including phenoxy) is 2. The van der Waals surface area contributed by atoms with Crippen LogP contribution in [0.4, 0.5) is 0 Å². The topological polar surface area (TPSA) is 35.5 Å². The Morgan fingerprint density at radius 1 is 0.760 bits per heavy atom. The van der Waals surface area contributed by atoms with Crippen molar-refractivity contribution in [2.75, 3.05) is 14.2 Å². The SMILES string of the molecule is COc1ccc(C(=O)c2ccc3c(c2)Cc2ccccc2-3)cc1OC. The van der Waals surface area contributed by atoms with Gasteiger partial charge in [-0.15, -0.1) is 0 Å². The van der Waals surface area contributed by atoms with Crippen molar-refractivity contribution in [3.63, 3.8) is 0 Å². The van der Waals surface area contributed by atoms with Crippen LogP contribution in [0.25, 0.3) is 11.1 Å². The average Bonchev–Trinajstić information content (AvgIpc) is 3.04. The summed E-state index contributed by atoms with van der Waals surface area (Å²) in [5.74, 6) is 1.16. The number of benzene rings is 3. The third kappa shape index (κ3) is 2.58. The van der Waals surface area contributed by atoms with Gasteiger partial charge in [-0.25, -0.2) is 0 Å². The van der Waals surface area contributed by atoms with Gasteiger partial charge in [-0.3, -0.25) is 4.79 Å². The van der Waals surface area contributed by atoms with Gasteiger partial charge in [0, 0.05) is 11.1 Å². The molecule has 0 spiro atoms. The molecular formula is C22H18O3. The van der Waals surface area contributed by atoms with E-state index in [0.29, 0.717) is 22.6 Å². The molecule has 0 amide bonds. The van der Waals surface area contributed by atoms with E-state index in [1.165, 1.54) is 22.3 Å². The zero-order chi connectivity index (χ0) is 17.4. The van der Waals surface area contributed by atoms with Crippen molar-refractivity contribution in [3.05, 3.63) is 82.9 Å². The Balaban J connectivity index is 1.70. The monoisotopic (exact) mass is 330 g/mol. The van der Waals surface area contributed by atoms with Crippen molar-refractivity contribution in [3.8, 4) is 22.6 Å². The van der Waals surface area contributed by atoms with Gasteiger partial charge in [0.2, 0.25) is 0 Å². The highest BCUT2D eigenvalue weighted by atomic mass is 16.5. The number of carbonyl (C=O) groups is 1. The van der Waals surface area contributed by atoms with Crippen LogP contribution in [0.3, 0.4) is 0 Å². The van der Waals surface area contributed by atoms with Gasteiger partial charge in [-0.2, -0.15) is 0 Å². The lowest BCUT2D eigenvalue weighted by Gasteiger charge is -2.10. The van der Waals surface area contributed by atoms with Crippen LogP contribution in [0, 0.1) is 0 Å². The van der Waals surface area contributed by atoms with Crippen molar-refractivity contribution in [2.45, 2.75) is 6.42 Å². The van der Waals surface area contributed by atoms with Crippen LogP contribution in [0.1, 0.15) is 27.0 Å². The largest absolute Gasteiger partial charge is 0.493 e. The Hall–Kier alpha value is -3.07.